The van der Waals surface area contributed by atoms with Gasteiger partial charge in [0.2, 0.25) is 47.3 Å². The largest absolute Gasteiger partial charge is 0.481 e. The van der Waals surface area contributed by atoms with E-state index in [4.69, 9.17) is 28.7 Å². The minimum atomic E-state index is -1.68. The number of carboxylic acid groups (broad SMARTS) is 1. The smallest absolute Gasteiger partial charge is 0.305 e. The van der Waals surface area contributed by atoms with Gasteiger partial charge in [0.05, 0.1) is 25.3 Å². The number of carbonyl (C=O) groups is 9. The molecule has 8 amide bonds. The van der Waals surface area contributed by atoms with Crippen LogP contribution in [0.1, 0.15) is 69.2 Å². The van der Waals surface area contributed by atoms with Crippen molar-refractivity contribution in [3.05, 3.63) is 102 Å². The predicted octanol–water partition coefficient (Wildman–Crippen LogP) is -1.78. The highest BCUT2D eigenvalue weighted by molar-refractivity contribution is 5.98. The van der Waals surface area contributed by atoms with Crippen molar-refractivity contribution in [2.75, 3.05) is 19.6 Å². The number of aliphatic imine (C=N–C) groups is 1. The molecule has 0 aliphatic heterocycles. The maximum absolute atomic E-state index is 14.6. The van der Waals surface area contributed by atoms with Crippen LogP contribution in [0.3, 0.4) is 0 Å². The van der Waals surface area contributed by atoms with Crippen LogP contribution in [0.5, 0.6) is 0 Å². The highest BCUT2D eigenvalue weighted by atomic mass is 16.4. The number of unbranched alkanes of at least 4 members (excludes halogenated alkanes) is 1. The number of primary amides is 1. The number of imidazole rings is 1. The number of H-pyrrole nitrogens is 2. The van der Waals surface area contributed by atoms with E-state index in [1.165, 1.54) is 12.5 Å². The summed E-state index contributed by atoms with van der Waals surface area (Å²) in [5.41, 5.74) is 31.2. The summed E-state index contributed by atoms with van der Waals surface area (Å²) in [6, 6.07) is 11.1. The molecule has 3 aromatic carbocycles. The molecule has 0 saturated carbocycles. The Labute approximate surface area is 455 Å². The molecule has 79 heavy (non-hydrogen) atoms. The number of nitrogens with one attached hydrogen (secondary N) is 9. The van der Waals surface area contributed by atoms with Crippen molar-refractivity contribution in [3.63, 3.8) is 0 Å². The molecule has 424 valence electrons. The van der Waals surface area contributed by atoms with Crippen LogP contribution in [-0.2, 0) is 62.4 Å². The molecule has 0 saturated heterocycles. The Kier molecular flexibility index (Phi) is 23.3. The van der Waals surface area contributed by atoms with E-state index in [-0.39, 0.29) is 57.6 Å². The number of aromatic amines is 2. The van der Waals surface area contributed by atoms with Gasteiger partial charge in [-0.15, -0.1) is 0 Å². The van der Waals surface area contributed by atoms with Gasteiger partial charge in [-0.05, 0) is 72.5 Å². The fourth-order valence-electron chi connectivity index (χ4n) is 8.64. The summed E-state index contributed by atoms with van der Waals surface area (Å²) >= 11 is 0. The molecular formula is C53H72N16O10. The lowest BCUT2D eigenvalue weighted by atomic mass is 9.99. The van der Waals surface area contributed by atoms with Crippen LogP contribution < -0.4 is 65.9 Å². The summed E-state index contributed by atoms with van der Waals surface area (Å²) in [6.45, 7) is 2.78. The van der Waals surface area contributed by atoms with Crippen molar-refractivity contribution in [3.8, 4) is 0 Å². The normalized spacial score (nSPS) is 13.8. The van der Waals surface area contributed by atoms with Gasteiger partial charge in [0.15, 0.2) is 5.96 Å². The Morgan fingerprint density at radius 3 is 1.95 bits per heavy atom. The number of aromatic nitrogens is 3. The quantitative estimate of drug-likeness (QED) is 0.0129. The van der Waals surface area contributed by atoms with Crippen LogP contribution in [0.2, 0.25) is 0 Å². The molecule has 2 aromatic heterocycles. The van der Waals surface area contributed by atoms with E-state index in [0.717, 1.165) is 21.7 Å². The van der Waals surface area contributed by atoms with Crippen molar-refractivity contribution in [2.45, 2.75) is 114 Å². The molecule has 26 heteroatoms. The number of amides is 8. The molecule has 0 bridgehead atoms. The van der Waals surface area contributed by atoms with Gasteiger partial charge in [-0.25, -0.2) is 4.98 Å². The number of hydrogen-bond acceptors (Lipinski definition) is 13. The summed E-state index contributed by atoms with van der Waals surface area (Å²) < 4.78 is 0. The van der Waals surface area contributed by atoms with Crippen molar-refractivity contribution >= 4 is 80.9 Å². The Hall–Kier alpha value is -8.91. The van der Waals surface area contributed by atoms with Gasteiger partial charge in [0.25, 0.3) is 0 Å². The number of hydrogen-bond donors (Lipinski definition) is 15. The minimum absolute atomic E-state index is 0.0135. The number of fused-ring (bicyclic) bond motifs is 2. The number of para-hydroxylation sites is 1. The zero-order valence-corrected chi connectivity index (χ0v) is 44.1. The predicted molar refractivity (Wildman–Crippen MR) is 294 cm³/mol. The van der Waals surface area contributed by atoms with Gasteiger partial charge in [-0.3, -0.25) is 48.1 Å². The molecule has 0 fully saturated rings. The molecular weight excluding hydrogens is 1020 g/mol. The topological polar surface area (TPSA) is 445 Å². The molecule has 0 unspecified atom stereocenters. The average molecular weight is 1090 g/mol. The first kappa shape index (κ1) is 60.9. The Bertz CT molecular complexity index is 2940. The first-order chi connectivity index (χ1) is 37.7. The number of guanidine groups is 1. The number of nitrogens with zero attached hydrogens (tertiary/aromatic N) is 2. The number of rotatable bonds is 32. The van der Waals surface area contributed by atoms with Crippen molar-refractivity contribution in [2.24, 2.45) is 39.6 Å². The van der Waals surface area contributed by atoms with E-state index in [0.29, 0.717) is 29.7 Å². The second-order valence-electron chi connectivity index (χ2n) is 19.4. The monoisotopic (exact) mass is 1090 g/mol. The second-order valence-corrected chi connectivity index (χ2v) is 19.4. The third-order valence-electron chi connectivity index (χ3n) is 12.8. The lowest BCUT2D eigenvalue weighted by molar-refractivity contribution is -0.141. The number of nitrogens with two attached hydrogens (primary N) is 5. The first-order valence-electron chi connectivity index (χ1n) is 25.8. The number of carbonyl (C=O) groups excluding carboxylic acids is 8. The SMILES string of the molecule is CC(C)[C@H](NC(=O)[C@@H](CC(=O)O)NC(=O)[C@H](CCCCN)NC(=O)CNC(=O)[C@H](Cc1c[nH]c2ccccc12)NC(=O)[C@H](CCCN=C(N)N)NC(=O)[C@@H](Cc1ccc2ccccc2c1)NC(=O)[C@@H](N)Cc1cnc[nH]1)C(N)=O. The molecule has 0 radical (unpaired) electrons. The average Bonchev–Trinajstić information content (AvgIpc) is 4.14. The van der Waals surface area contributed by atoms with E-state index in [9.17, 15) is 48.3 Å². The fourth-order valence-corrected chi connectivity index (χ4v) is 8.64. The Balaban J connectivity index is 1.38. The second kappa shape index (κ2) is 30.1. The third kappa shape index (κ3) is 19.3. The highest BCUT2D eigenvalue weighted by Gasteiger charge is 2.34. The number of benzene rings is 3. The molecule has 2 heterocycles. The van der Waals surface area contributed by atoms with Gasteiger partial charge < -0.3 is 81.0 Å². The van der Waals surface area contributed by atoms with Gasteiger partial charge in [-0.2, -0.15) is 0 Å². The lowest BCUT2D eigenvalue weighted by Gasteiger charge is -2.26. The third-order valence-corrected chi connectivity index (χ3v) is 12.8. The van der Waals surface area contributed by atoms with Crippen LogP contribution in [0.25, 0.3) is 21.7 Å². The summed E-state index contributed by atoms with van der Waals surface area (Å²) in [4.78, 5) is 136. The Morgan fingerprint density at radius 1 is 0.658 bits per heavy atom. The number of carboxylic acids is 1. The Morgan fingerprint density at radius 2 is 1.28 bits per heavy atom. The lowest BCUT2D eigenvalue weighted by Crippen LogP contribution is -2.59. The number of aliphatic carboxylic acids is 1. The molecule has 0 aliphatic rings. The highest BCUT2D eigenvalue weighted by Crippen LogP contribution is 2.20. The standard InChI is InChI=1S/C53H72N16O10/c1-29(2)45(46(56)73)69-52(79)42(24-44(71)72)68-49(76)38(14-7-8-18-54)64-43(70)27-62-48(75)41(22-33-25-61-37-13-6-5-12-35(33)37)67-50(77)39(15-9-19-60-53(57)58)65-51(78)40(66-47(74)36(55)23-34-26-59-28-63-34)21-30-16-17-31-10-3-4-11-32(31)20-30/h3-6,10-13,16-17,20,25-26,28-29,36,38-42,45,61H,7-9,14-15,18-19,21-24,27,54-55H2,1-2H3,(H2,56,73)(H,59,63)(H,62,75)(H,64,70)(H,65,78)(H,66,74)(H,67,77)(H,68,76)(H,69,79)(H,71,72)(H4,57,58,60)/t36-,38-,39-,40+,41-,42+,45-/m0/s1. The zero-order chi connectivity index (χ0) is 57.6. The van der Waals surface area contributed by atoms with Gasteiger partial charge in [0, 0.05) is 54.8 Å². The molecule has 7 atom stereocenters. The fraction of sp³-hybridized carbons (Fsp3) is 0.415. The maximum atomic E-state index is 14.6. The van der Waals surface area contributed by atoms with Crippen LogP contribution in [0.4, 0.5) is 0 Å². The molecule has 0 spiro atoms. The molecule has 0 aliphatic carbocycles. The first-order valence-corrected chi connectivity index (χ1v) is 25.8. The van der Waals surface area contributed by atoms with Gasteiger partial charge in [-0.1, -0.05) is 74.5 Å². The minimum Gasteiger partial charge on any atom is -0.481 e. The van der Waals surface area contributed by atoms with E-state index >= 15 is 0 Å². The summed E-state index contributed by atoms with van der Waals surface area (Å²) in [6.07, 6.45) is 4.52. The van der Waals surface area contributed by atoms with E-state index < -0.39 is 114 Å². The van der Waals surface area contributed by atoms with Crippen LogP contribution in [0, 0.1) is 5.92 Å². The summed E-state index contributed by atoms with van der Waals surface area (Å²) in [5, 5.41) is 30.2. The summed E-state index contributed by atoms with van der Waals surface area (Å²) in [7, 11) is 0. The van der Waals surface area contributed by atoms with E-state index in [2.05, 4.69) is 57.2 Å². The van der Waals surface area contributed by atoms with Crippen LogP contribution in [-0.4, -0.2) is 141 Å². The van der Waals surface area contributed by atoms with E-state index in [1.807, 2.05) is 60.7 Å². The van der Waals surface area contributed by atoms with Gasteiger partial charge in [0.1, 0.15) is 36.3 Å². The van der Waals surface area contributed by atoms with Gasteiger partial charge >= 0.3 is 5.97 Å². The zero-order valence-electron chi connectivity index (χ0n) is 44.1. The van der Waals surface area contributed by atoms with Crippen molar-refractivity contribution in [1.29, 1.82) is 0 Å². The molecule has 5 rings (SSSR count). The molecule has 20 N–H and O–H groups in total. The summed E-state index contributed by atoms with van der Waals surface area (Å²) in [5.74, 6) is -8.89. The van der Waals surface area contributed by atoms with E-state index in [1.54, 1.807) is 26.1 Å². The van der Waals surface area contributed by atoms with Crippen molar-refractivity contribution in [1.82, 2.24) is 52.2 Å². The van der Waals surface area contributed by atoms with Crippen LogP contribution >= 0.6 is 0 Å². The molecule has 5 aromatic rings. The van der Waals surface area contributed by atoms with Crippen molar-refractivity contribution < 1.29 is 48.3 Å². The maximum Gasteiger partial charge on any atom is 0.305 e. The van der Waals surface area contributed by atoms with Crippen LogP contribution in [0.15, 0.2) is 90.4 Å². The molecule has 26 nitrogen and oxygen atoms in total.